The van der Waals surface area contributed by atoms with Crippen molar-refractivity contribution >= 4 is 36.4 Å². The molecule has 3 atom stereocenters. The van der Waals surface area contributed by atoms with Crippen LogP contribution in [0.15, 0.2) is 30.3 Å². The lowest BCUT2D eigenvalue weighted by atomic mass is 9.89. The van der Waals surface area contributed by atoms with Crippen molar-refractivity contribution in [3.63, 3.8) is 0 Å². The van der Waals surface area contributed by atoms with Crippen molar-refractivity contribution in [2.45, 2.75) is 63.1 Å². The number of anilines is 1. The number of nitrogens with one attached hydrogen (secondary N) is 1. The Kier molecular flexibility index (Phi) is 8.26. The summed E-state index contributed by atoms with van der Waals surface area (Å²) in [6.07, 6.45) is 8.03. The van der Waals surface area contributed by atoms with E-state index in [1.165, 1.54) is 31.4 Å². The molecule has 3 fully saturated rings. The zero-order chi connectivity index (χ0) is 17.2. The SMILES string of the molecule is CN(C(=O)CC1CC2CCC(C1)N2)C1CCCN(c2ccccc2)C1.Cl.Cl. The molecule has 0 aliphatic carbocycles. The van der Waals surface area contributed by atoms with E-state index in [9.17, 15) is 4.79 Å². The average molecular weight is 414 g/mol. The Morgan fingerprint density at radius 3 is 2.44 bits per heavy atom. The normalized spacial score (nSPS) is 29.4. The van der Waals surface area contributed by atoms with Crippen LogP contribution in [-0.2, 0) is 4.79 Å². The first-order valence-corrected chi connectivity index (χ1v) is 10.0. The molecule has 152 valence electrons. The Morgan fingerprint density at radius 2 is 1.78 bits per heavy atom. The molecule has 1 N–H and O–H groups in total. The van der Waals surface area contributed by atoms with E-state index < -0.39 is 0 Å². The van der Waals surface area contributed by atoms with Crippen LogP contribution in [0.25, 0.3) is 0 Å². The monoisotopic (exact) mass is 413 g/mol. The molecule has 4 rings (SSSR count). The summed E-state index contributed by atoms with van der Waals surface area (Å²) >= 11 is 0. The molecular formula is C21H33Cl2N3O. The lowest BCUT2D eigenvalue weighted by Gasteiger charge is -2.39. The number of piperidine rings is 2. The summed E-state index contributed by atoms with van der Waals surface area (Å²) in [7, 11) is 2.02. The first kappa shape index (κ1) is 22.3. The molecule has 4 nitrogen and oxygen atoms in total. The fourth-order valence-corrected chi connectivity index (χ4v) is 5.08. The Bertz CT molecular complexity index is 588. The lowest BCUT2D eigenvalue weighted by molar-refractivity contribution is -0.133. The van der Waals surface area contributed by atoms with E-state index in [4.69, 9.17) is 0 Å². The van der Waals surface area contributed by atoms with Gasteiger partial charge in [-0.05, 0) is 56.6 Å². The van der Waals surface area contributed by atoms with Gasteiger partial charge in [0.15, 0.2) is 0 Å². The molecule has 3 saturated heterocycles. The fraction of sp³-hybridized carbons (Fsp3) is 0.667. The van der Waals surface area contributed by atoms with Gasteiger partial charge in [-0.15, -0.1) is 24.8 Å². The van der Waals surface area contributed by atoms with Crippen molar-refractivity contribution in [3.05, 3.63) is 30.3 Å². The molecule has 2 bridgehead atoms. The van der Waals surface area contributed by atoms with E-state index in [0.29, 0.717) is 30.0 Å². The first-order chi connectivity index (χ1) is 12.2. The topological polar surface area (TPSA) is 35.6 Å². The van der Waals surface area contributed by atoms with Crippen LogP contribution in [0, 0.1) is 5.92 Å². The summed E-state index contributed by atoms with van der Waals surface area (Å²) in [6, 6.07) is 12.3. The second kappa shape index (κ2) is 9.99. The van der Waals surface area contributed by atoms with Crippen LogP contribution in [0.2, 0.25) is 0 Å². The van der Waals surface area contributed by atoms with Gasteiger partial charge in [-0.1, -0.05) is 18.2 Å². The minimum Gasteiger partial charge on any atom is -0.369 e. The third-order valence-corrected chi connectivity index (χ3v) is 6.49. The van der Waals surface area contributed by atoms with Crippen molar-refractivity contribution in [2.75, 3.05) is 25.0 Å². The van der Waals surface area contributed by atoms with Crippen molar-refractivity contribution in [1.82, 2.24) is 10.2 Å². The van der Waals surface area contributed by atoms with E-state index in [0.717, 1.165) is 32.4 Å². The van der Waals surface area contributed by atoms with E-state index in [1.807, 2.05) is 7.05 Å². The first-order valence-electron chi connectivity index (χ1n) is 10.0. The molecule has 0 radical (unpaired) electrons. The number of benzene rings is 1. The number of amides is 1. The van der Waals surface area contributed by atoms with Crippen molar-refractivity contribution in [2.24, 2.45) is 5.92 Å². The zero-order valence-electron chi connectivity index (χ0n) is 16.2. The molecule has 3 heterocycles. The maximum Gasteiger partial charge on any atom is 0.222 e. The Hall–Kier alpha value is -0.970. The molecule has 3 aliphatic heterocycles. The molecular weight excluding hydrogens is 381 g/mol. The summed E-state index contributed by atoms with van der Waals surface area (Å²) in [5.74, 6) is 0.939. The highest BCUT2D eigenvalue weighted by atomic mass is 35.5. The summed E-state index contributed by atoms with van der Waals surface area (Å²) in [5.41, 5.74) is 1.28. The predicted molar refractivity (Wildman–Crippen MR) is 116 cm³/mol. The van der Waals surface area contributed by atoms with Crippen LogP contribution in [0.5, 0.6) is 0 Å². The second-order valence-corrected chi connectivity index (χ2v) is 8.26. The van der Waals surface area contributed by atoms with Crippen LogP contribution >= 0.6 is 24.8 Å². The van der Waals surface area contributed by atoms with Crippen molar-refractivity contribution in [3.8, 4) is 0 Å². The minimum absolute atomic E-state index is 0. The Balaban J connectivity index is 0.00000131. The van der Waals surface area contributed by atoms with Crippen molar-refractivity contribution in [1.29, 1.82) is 0 Å². The predicted octanol–water partition coefficient (Wildman–Crippen LogP) is 3.88. The van der Waals surface area contributed by atoms with Gasteiger partial charge in [-0.25, -0.2) is 0 Å². The molecule has 0 aromatic heterocycles. The molecule has 1 aromatic carbocycles. The fourth-order valence-electron chi connectivity index (χ4n) is 5.08. The standard InChI is InChI=1S/C21H31N3O.2ClH/c1-23(21(25)14-16-12-17-9-10-18(13-16)22-17)20-8-5-11-24(15-20)19-6-3-2-4-7-19;;/h2-4,6-7,16-18,20,22H,5,8-15H2,1H3;2*1H. The highest BCUT2D eigenvalue weighted by Gasteiger charge is 2.35. The number of rotatable bonds is 4. The van der Waals surface area contributed by atoms with Crippen LogP contribution in [0.1, 0.15) is 44.9 Å². The third kappa shape index (κ3) is 5.30. The molecule has 27 heavy (non-hydrogen) atoms. The number of carbonyl (C=O) groups is 1. The van der Waals surface area contributed by atoms with E-state index in [2.05, 4.69) is 45.4 Å². The number of para-hydroxylation sites is 1. The number of hydrogen-bond acceptors (Lipinski definition) is 3. The molecule has 3 unspecified atom stereocenters. The Morgan fingerprint density at radius 1 is 1.11 bits per heavy atom. The van der Waals surface area contributed by atoms with Gasteiger partial charge < -0.3 is 15.1 Å². The maximum atomic E-state index is 12.9. The summed E-state index contributed by atoms with van der Waals surface area (Å²) < 4.78 is 0. The van der Waals surface area contributed by atoms with Crippen LogP contribution in [-0.4, -0.2) is 49.1 Å². The molecule has 0 spiro atoms. The van der Waals surface area contributed by atoms with Gasteiger partial charge in [-0.3, -0.25) is 4.79 Å². The van der Waals surface area contributed by atoms with Crippen molar-refractivity contribution < 1.29 is 4.79 Å². The van der Waals surface area contributed by atoms with Gasteiger partial charge in [0.05, 0.1) is 0 Å². The van der Waals surface area contributed by atoms with E-state index in [1.54, 1.807) is 0 Å². The van der Waals surface area contributed by atoms with Gasteiger partial charge in [0.1, 0.15) is 0 Å². The summed E-state index contributed by atoms with van der Waals surface area (Å²) in [4.78, 5) is 17.4. The molecule has 1 amide bonds. The number of carbonyl (C=O) groups excluding carboxylic acids is 1. The highest BCUT2D eigenvalue weighted by molar-refractivity contribution is 5.85. The van der Waals surface area contributed by atoms with Gasteiger partial charge in [-0.2, -0.15) is 0 Å². The Labute approximate surface area is 175 Å². The van der Waals surface area contributed by atoms with Crippen LogP contribution in [0.3, 0.4) is 0 Å². The molecule has 6 heteroatoms. The summed E-state index contributed by atoms with van der Waals surface area (Å²) in [5, 5.41) is 3.68. The third-order valence-electron chi connectivity index (χ3n) is 6.49. The molecule has 1 aromatic rings. The van der Waals surface area contributed by atoms with Crippen LogP contribution in [0.4, 0.5) is 5.69 Å². The van der Waals surface area contributed by atoms with Gasteiger partial charge in [0.2, 0.25) is 5.91 Å². The quantitative estimate of drug-likeness (QED) is 0.813. The van der Waals surface area contributed by atoms with Gasteiger partial charge in [0, 0.05) is 50.4 Å². The average Bonchev–Trinajstić information content (AvgIpc) is 3.00. The highest BCUT2D eigenvalue weighted by Crippen LogP contribution is 2.33. The summed E-state index contributed by atoms with van der Waals surface area (Å²) in [6.45, 7) is 2.06. The molecule has 3 aliphatic rings. The second-order valence-electron chi connectivity index (χ2n) is 8.26. The number of fused-ring (bicyclic) bond motifs is 2. The van der Waals surface area contributed by atoms with Gasteiger partial charge >= 0.3 is 0 Å². The number of likely N-dealkylation sites (N-methyl/N-ethyl adjacent to an activating group) is 1. The largest absolute Gasteiger partial charge is 0.369 e. The van der Waals surface area contributed by atoms with Crippen LogP contribution < -0.4 is 10.2 Å². The number of hydrogen-bond donors (Lipinski definition) is 1. The van der Waals surface area contributed by atoms with E-state index in [-0.39, 0.29) is 24.8 Å². The lowest BCUT2D eigenvalue weighted by Crippen LogP contribution is -2.49. The zero-order valence-corrected chi connectivity index (χ0v) is 17.8. The molecule has 0 saturated carbocycles. The number of halogens is 2. The van der Waals surface area contributed by atoms with E-state index >= 15 is 0 Å². The number of nitrogens with zero attached hydrogens (tertiary/aromatic N) is 2. The van der Waals surface area contributed by atoms with Gasteiger partial charge in [0.25, 0.3) is 0 Å². The maximum absolute atomic E-state index is 12.9. The smallest absolute Gasteiger partial charge is 0.222 e. The minimum atomic E-state index is 0.